The maximum atomic E-state index is 14.3. The van der Waals surface area contributed by atoms with E-state index in [4.69, 9.17) is 4.74 Å². The summed E-state index contributed by atoms with van der Waals surface area (Å²) in [4.78, 5) is 25.0. The van der Waals surface area contributed by atoms with Crippen molar-refractivity contribution in [1.29, 1.82) is 0 Å². The largest absolute Gasteiger partial charge is 0.394 e. The highest BCUT2D eigenvalue weighted by molar-refractivity contribution is 5.06. The second kappa shape index (κ2) is 12.2. The Kier molecular flexibility index (Phi) is 9.97. The molecule has 1 aliphatic rings. The van der Waals surface area contributed by atoms with Gasteiger partial charge in [-0.25, -0.2) is 4.79 Å². The van der Waals surface area contributed by atoms with Gasteiger partial charge in [0.15, 0.2) is 6.23 Å². The molecule has 4 atom stereocenters. The topological polar surface area (TPSA) is 114 Å². The van der Waals surface area contributed by atoms with Crippen molar-refractivity contribution in [1.82, 2.24) is 9.13 Å². The second-order valence-corrected chi connectivity index (χ2v) is 8.77. The fourth-order valence-electron chi connectivity index (χ4n) is 3.63. The van der Waals surface area contributed by atoms with Gasteiger partial charge < -0.3 is 20.1 Å². The number of rotatable bonds is 10. The van der Waals surface area contributed by atoms with Crippen molar-refractivity contribution in [3.8, 4) is 0 Å². The highest BCUT2D eigenvalue weighted by atomic mass is 19.1. The van der Waals surface area contributed by atoms with Crippen LogP contribution in [0.2, 0.25) is 0 Å². The predicted octanol–water partition coefficient (Wildman–Crippen LogP) is 2.18. The number of aliphatic hydroxyl groups is 3. The van der Waals surface area contributed by atoms with Gasteiger partial charge in [-0.15, -0.1) is 0 Å². The third-order valence-corrected chi connectivity index (χ3v) is 5.69. The van der Waals surface area contributed by atoms with Gasteiger partial charge in [-0.3, -0.25) is 13.9 Å². The summed E-state index contributed by atoms with van der Waals surface area (Å²) in [6.45, 7) is 7.38. The van der Waals surface area contributed by atoms with Crippen LogP contribution in [0.4, 0.5) is 4.39 Å². The van der Waals surface area contributed by atoms with Crippen LogP contribution < -0.4 is 11.2 Å². The molecule has 1 fully saturated rings. The molecule has 1 aromatic heterocycles. The molecule has 9 heteroatoms. The Morgan fingerprint density at radius 2 is 1.64 bits per heavy atom. The van der Waals surface area contributed by atoms with Gasteiger partial charge in [-0.1, -0.05) is 34.9 Å². The monoisotopic (exact) mass is 466 g/mol. The van der Waals surface area contributed by atoms with E-state index in [1.54, 1.807) is 6.08 Å². The van der Waals surface area contributed by atoms with Crippen molar-refractivity contribution in [3.63, 3.8) is 0 Å². The lowest BCUT2D eigenvalue weighted by Gasteiger charge is -2.18. The highest BCUT2D eigenvalue weighted by Crippen LogP contribution is 2.28. The summed E-state index contributed by atoms with van der Waals surface area (Å²) in [6.07, 6.45) is 4.70. The van der Waals surface area contributed by atoms with Crippen LogP contribution in [0.25, 0.3) is 0 Å². The van der Waals surface area contributed by atoms with E-state index in [-0.39, 0.29) is 6.54 Å². The van der Waals surface area contributed by atoms with Crippen molar-refractivity contribution in [2.24, 2.45) is 0 Å². The number of aliphatic hydroxyl groups excluding tert-OH is 3. The summed E-state index contributed by atoms with van der Waals surface area (Å²) >= 11 is 0. The van der Waals surface area contributed by atoms with Gasteiger partial charge in [0.25, 0.3) is 5.56 Å². The minimum absolute atomic E-state index is 0.140. The van der Waals surface area contributed by atoms with E-state index >= 15 is 0 Å². The molecule has 1 aromatic rings. The summed E-state index contributed by atoms with van der Waals surface area (Å²) in [5, 5.41) is 29.3. The van der Waals surface area contributed by atoms with Crippen molar-refractivity contribution in [2.75, 3.05) is 6.61 Å². The SMILES string of the molecule is CC(C)=CCC/C(C)=C/CC/C(C)=C/Cn1c(=O)c(F)cn([C@@H]2O[C@H](CO)[C@@H](O)[C@H]2O)c1=O. The van der Waals surface area contributed by atoms with Gasteiger partial charge in [0, 0.05) is 6.54 Å². The number of ether oxygens (including phenoxy) is 1. The molecule has 0 spiro atoms. The lowest BCUT2D eigenvalue weighted by molar-refractivity contribution is -0.0560. The molecule has 0 radical (unpaired) electrons. The third kappa shape index (κ3) is 7.07. The van der Waals surface area contributed by atoms with Crippen molar-refractivity contribution >= 4 is 0 Å². The van der Waals surface area contributed by atoms with Crippen LogP contribution in [-0.4, -0.2) is 49.4 Å². The van der Waals surface area contributed by atoms with E-state index in [2.05, 4.69) is 32.9 Å². The predicted molar refractivity (Wildman–Crippen MR) is 123 cm³/mol. The summed E-state index contributed by atoms with van der Waals surface area (Å²) in [5.41, 5.74) is 1.57. The zero-order valence-corrected chi connectivity index (χ0v) is 19.7. The van der Waals surface area contributed by atoms with E-state index < -0.39 is 48.2 Å². The number of aromatic nitrogens is 2. The average molecular weight is 467 g/mol. The van der Waals surface area contributed by atoms with Crippen LogP contribution in [-0.2, 0) is 11.3 Å². The van der Waals surface area contributed by atoms with Gasteiger partial charge in [-0.2, -0.15) is 4.39 Å². The minimum atomic E-state index is -1.56. The molecule has 33 heavy (non-hydrogen) atoms. The van der Waals surface area contributed by atoms with E-state index in [1.165, 1.54) is 11.1 Å². The second-order valence-electron chi connectivity index (χ2n) is 8.77. The Bertz CT molecular complexity index is 1020. The molecule has 184 valence electrons. The number of nitrogens with zero attached hydrogens (tertiary/aromatic N) is 2. The first kappa shape index (κ1) is 26.9. The minimum Gasteiger partial charge on any atom is -0.394 e. The number of hydrogen-bond donors (Lipinski definition) is 3. The normalized spacial score (nSPS) is 23.8. The van der Waals surface area contributed by atoms with Crippen LogP contribution in [0.15, 0.2) is 50.7 Å². The molecule has 0 unspecified atom stereocenters. The third-order valence-electron chi connectivity index (χ3n) is 5.69. The van der Waals surface area contributed by atoms with E-state index in [1.807, 2.05) is 6.92 Å². The molecule has 0 aliphatic carbocycles. The fraction of sp³-hybridized carbons (Fsp3) is 0.583. The molecule has 0 aromatic carbocycles. The van der Waals surface area contributed by atoms with Crippen molar-refractivity contribution in [2.45, 2.75) is 84.5 Å². The first-order valence-corrected chi connectivity index (χ1v) is 11.1. The number of halogens is 1. The maximum absolute atomic E-state index is 14.3. The Labute approximate surface area is 192 Å². The molecule has 0 amide bonds. The number of hydrogen-bond acceptors (Lipinski definition) is 6. The first-order chi connectivity index (χ1) is 15.6. The zero-order chi connectivity index (χ0) is 24.7. The smallest absolute Gasteiger partial charge is 0.333 e. The van der Waals surface area contributed by atoms with Gasteiger partial charge in [0.1, 0.15) is 18.3 Å². The fourth-order valence-corrected chi connectivity index (χ4v) is 3.63. The Morgan fingerprint density at radius 1 is 1.03 bits per heavy atom. The van der Waals surface area contributed by atoms with Crippen LogP contribution in [0.3, 0.4) is 0 Å². The molecule has 0 bridgehead atoms. The van der Waals surface area contributed by atoms with E-state index in [0.717, 1.165) is 35.8 Å². The Morgan fingerprint density at radius 3 is 2.21 bits per heavy atom. The zero-order valence-electron chi connectivity index (χ0n) is 19.7. The summed E-state index contributed by atoms with van der Waals surface area (Å²) in [7, 11) is 0. The highest BCUT2D eigenvalue weighted by Gasteiger charge is 2.44. The van der Waals surface area contributed by atoms with Gasteiger partial charge >= 0.3 is 5.69 Å². The summed E-state index contributed by atoms with van der Waals surface area (Å²) in [5.74, 6) is -1.19. The standard InChI is InChI=1S/C24H35FN2O6/c1-15(2)7-5-8-16(3)9-6-10-17(4)11-12-26-22(31)18(25)13-27(24(26)32)23-21(30)20(29)19(14-28)33-23/h7,9,11,13,19-21,23,28-30H,5-6,8,10,12,14H2,1-4H3/b16-9+,17-11+/t19-,20-,21-,23-/m1/s1. The Balaban J connectivity index is 2.11. The molecule has 0 saturated carbocycles. The van der Waals surface area contributed by atoms with Gasteiger partial charge in [-0.05, 0) is 53.4 Å². The number of allylic oxidation sites excluding steroid dienone is 6. The first-order valence-electron chi connectivity index (χ1n) is 11.1. The molecular formula is C24H35FN2O6. The van der Waals surface area contributed by atoms with E-state index in [9.17, 15) is 29.3 Å². The van der Waals surface area contributed by atoms with Crippen LogP contribution in [0.5, 0.6) is 0 Å². The van der Waals surface area contributed by atoms with Crippen LogP contribution in [0, 0.1) is 5.82 Å². The van der Waals surface area contributed by atoms with Crippen molar-refractivity contribution < 1.29 is 24.4 Å². The quantitative estimate of drug-likeness (QED) is 0.456. The summed E-state index contributed by atoms with van der Waals surface area (Å²) in [6, 6.07) is 0. The lowest BCUT2D eigenvalue weighted by atomic mass is 10.1. The van der Waals surface area contributed by atoms with Gasteiger partial charge in [0.2, 0.25) is 5.82 Å². The molecule has 3 N–H and O–H groups in total. The molecule has 1 saturated heterocycles. The van der Waals surface area contributed by atoms with Crippen molar-refractivity contribution in [3.05, 3.63) is 67.8 Å². The lowest BCUT2D eigenvalue weighted by Crippen LogP contribution is -2.44. The Hall–Kier alpha value is -2.33. The summed E-state index contributed by atoms with van der Waals surface area (Å²) < 4.78 is 21.0. The van der Waals surface area contributed by atoms with Crippen LogP contribution >= 0.6 is 0 Å². The molecule has 8 nitrogen and oxygen atoms in total. The van der Waals surface area contributed by atoms with Crippen LogP contribution in [0.1, 0.15) is 59.6 Å². The average Bonchev–Trinajstić information content (AvgIpc) is 3.04. The molecule has 1 aliphatic heterocycles. The molecule has 2 heterocycles. The molecule has 2 rings (SSSR count). The van der Waals surface area contributed by atoms with E-state index in [0.29, 0.717) is 10.8 Å². The van der Waals surface area contributed by atoms with Gasteiger partial charge in [0.05, 0.1) is 12.8 Å². The maximum Gasteiger partial charge on any atom is 0.333 e. The molecular weight excluding hydrogens is 431 g/mol.